The van der Waals surface area contributed by atoms with E-state index in [0.29, 0.717) is 11.0 Å². The van der Waals surface area contributed by atoms with Gasteiger partial charge in [0.2, 0.25) is 0 Å². The van der Waals surface area contributed by atoms with Crippen LogP contribution >= 0.6 is 15.9 Å². The Hall–Kier alpha value is -0.740. The van der Waals surface area contributed by atoms with E-state index >= 15 is 0 Å². The minimum Gasteiger partial charge on any atom is -0.504 e. The summed E-state index contributed by atoms with van der Waals surface area (Å²) >= 11 is 3.15. The maximum Gasteiger partial charge on any atom is 0.171 e. The Morgan fingerprint density at radius 2 is 2.00 bits per heavy atom. The highest BCUT2D eigenvalue weighted by molar-refractivity contribution is 9.10. The molecule has 4 N–H and O–H groups in total. The number of hydrogen-bond acceptors (Lipinski definition) is 3. The minimum absolute atomic E-state index is 0.0959. The Kier molecular flexibility index (Phi) is 3.57. The van der Waals surface area contributed by atoms with Gasteiger partial charge in [-0.05, 0) is 53.0 Å². The van der Waals surface area contributed by atoms with Gasteiger partial charge in [0.15, 0.2) is 11.5 Å². The Labute approximate surface area is 85.3 Å². The second-order valence-corrected chi connectivity index (χ2v) is 3.69. The predicted octanol–water partition coefficient (Wildman–Crippen LogP) is 1.75. The van der Waals surface area contributed by atoms with Crippen LogP contribution in [-0.4, -0.2) is 16.8 Å². The van der Waals surface area contributed by atoms with Crippen LogP contribution in [0.3, 0.4) is 0 Å². The number of halogens is 1. The van der Waals surface area contributed by atoms with E-state index in [-0.39, 0.29) is 11.5 Å². The van der Waals surface area contributed by atoms with Crippen molar-refractivity contribution in [2.24, 2.45) is 5.73 Å². The van der Waals surface area contributed by atoms with E-state index in [1.54, 1.807) is 12.1 Å². The van der Waals surface area contributed by atoms with Crippen LogP contribution in [-0.2, 0) is 6.42 Å². The molecule has 0 aliphatic carbocycles. The van der Waals surface area contributed by atoms with Crippen molar-refractivity contribution in [2.45, 2.75) is 12.8 Å². The molecule has 0 fully saturated rings. The van der Waals surface area contributed by atoms with Crippen LogP contribution in [0.15, 0.2) is 16.6 Å². The molecule has 1 aromatic carbocycles. The normalized spacial score (nSPS) is 10.3. The van der Waals surface area contributed by atoms with E-state index in [2.05, 4.69) is 15.9 Å². The van der Waals surface area contributed by atoms with E-state index in [1.165, 1.54) is 0 Å². The quantitative estimate of drug-likeness (QED) is 0.712. The van der Waals surface area contributed by atoms with Crippen molar-refractivity contribution < 1.29 is 10.2 Å². The summed E-state index contributed by atoms with van der Waals surface area (Å²) in [6.07, 6.45) is 1.68. The van der Waals surface area contributed by atoms with E-state index in [1.807, 2.05) is 0 Å². The molecular formula is C9H12BrNO2. The number of phenols is 2. The molecule has 3 nitrogen and oxygen atoms in total. The summed E-state index contributed by atoms with van der Waals surface area (Å²) in [6, 6.07) is 3.33. The van der Waals surface area contributed by atoms with Crippen molar-refractivity contribution in [1.29, 1.82) is 0 Å². The fourth-order valence-electron chi connectivity index (χ4n) is 1.09. The summed E-state index contributed by atoms with van der Waals surface area (Å²) in [4.78, 5) is 0. The lowest BCUT2D eigenvalue weighted by atomic mass is 10.1. The highest BCUT2D eigenvalue weighted by atomic mass is 79.9. The first-order chi connectivity index (χ1) is 6.15. The number of rotatable bonds is 3. The van der Waals surface area contributed by atoms with Crippen molar-refractivity contribution in [2.75, 3.05) is 6.54 Å². The molecule has 0 unspecified atom stereocenters. The SMILES string of the molecule is NCCCc1cc(O)c(O)c(Br)c1. The van der Waals surface area contributed by atoms with E-state index in [0.717, 1.165) is 18.4 Å². The second-order valence-electron chi connectivity index (χ2n) is 2.84. The average molecular weight is 246 g/mol. The van der Waals surface area contributed by atoms with E-state index in [9.17, 15) is 10.2 Å². The molecule has 1 aromatic rings. The first-order valence-electron chi connectivity index (χ1n) is 4.05. The first-order valence-corrected chi connectivity index (χ1v) is 4.85. The molecule has 0 saturated heterocycles. The van der Waals surface area contributed by atoms with Gasteiger partial charge in [0.25, 0.3) is 0 Å². The van der Waals surface area contributed by atoms with Gasteiger partial charge >= 0.3 is 0 Å². The van der Waals surface area contributed by atoms with Crippen molar-refractivity contribution in [3.05, 3.63) is 22.2 Å². The minimum atomic E-state index is -0.114. The lowest BCUT2D eigenvalue weighted by Crippen LogP contribution is -2.00. The van der Waals surface area contributed by atoms with E-state index < -0.39 is 0 Å². The molecule has 4 heteroatoms. The molecular weight excluding hydrogens is 234 g/mol. The number of aryl methyl sites for hydroxylation is 1. The second kappa shape index (κ2) is 4.48. The summed E-state index contributed by atoms with van der Waals surface area (Å²) in [5.41, 5.74) is 6.32. The summed E-state index contributed by atoms with van der Waals surface area (Å²) in [7, 11) is 0. The monoisotopic (exact) mass is 245 g/mol. The number of hydrogen-bond donors (Lipinski definition) is 3. The molecule has 0 spiro atoms. The maximum atomic E-state index is 9.27. The zero-order valence-corrected chi connectivity index (χ0v) is 8.71. The van der Waals surface area contributed by atoms with Gasteiger partial charge in [-0.1, -0.05) is 0 Å². The summed E-state index contributed by atoms with van der Waals surface area (Å²) in [5, 5.41) is 18.5. The zero-order valence-electron chi connectivity index (χ0n) is 7.13. The number of phenolic OH excluding ortho intramolecular Hbond substituents is 2. The third-order valence-electron chi connectivity index (χ3n) is 1.77. The predicted molar refractivity (Wildman–Crippen MR) is 54.8 cm³/mol. The Morgan fingerprint density at radius 3 is 2.54 bits per heavy atom. The van der Waals surface area contributed by atoms with Crippen LogP contribution in [0.2, 0.25) is 0 Å². The van der Waals surface area contributed by atoms with Crippen LogP contribution in [0.4, 0.5) is 0 Å². The fourth-order valence-corrected chi connectivity index (χ4v) is 1.59. The molecule has 0 amide bonds. The first kappa shape index (κ1) is 10.3. The van der Waals surface area contributed by atoms with Gasteiger partial charge in [0, 0.05) is 0 Å². The molecule has 0 aliphatic rings. The van der Waals surface area contributed by atoms with Crippen molar-refractivity contribution in [3.8, 4) is 11.5 Å². The number of benzene rings is 1. The van der Waals surface area contributed by atoms with Crippen LogP contribution < -0.4 is 5.73 Å². The van der Waals surface area contributed by atoms with Gasteiger partial charge in [0.05, 0.1) is 4.47 Å². The van der Waals surface area contributed by atoms with Crippen LogP contribution in [0.1, 0.15) is 12.0 Å². The molecule has 0 radical (unpaired) electrons. The van der Waals surface area contributed by atoms with Gasteiger partial charge in [-0.15, -0.1) is 0 Å². The highest BCUT2D eigenvalue weighted by Crippen LogP contribution is 2.34. The number of aromatic hydroxyl groups is 2. The van der Waals surface area contributed by atoms with Crippen LogP contribution in [0.5, 0.6) is 11.5 Å². The van der Waals surface area contributed by atoms with Crippen molar-refractivity contribution in [1.82, 2.24) is 0 Å². The van der Waals surface area contributed by atoms with Gasteiger partial charge in [-0.2, -0.15) is 0 Å². The summed E-state index contributed by atoms with van der Waals surface area (Å²) < 4.78 is 0.513. The van der Waals surface area contributed by atoms with Crippen molar-refractivity contribution in [3.63, 3.8) is 0 Å². The Morgan fingerprint density at radius 1 is 1.31 bits per heavy atom. The smallest absolute Gasteiger partial charge is 0.171 e. The molecule has 0 bridgehead atoms. The van der Waals surface area contributed by atoms with Gasteiger partial charge in [-0.25, -0.2) is 0 Å². The lowest BCUT2D eigenvalue weighted by molar-refractivity contribution is 0.401. The van der Waals surface area contributed by atoms with Crippen molar-refractivity contribution >= 4 is 15.9 Å². The third-order valence-corrected chi connectivity index (χ3v) is 2.38. The summed E-state index contributed by atoms with van der Waals surface area (Å²) in [6.45, 7) is 0.624. The molecule has 13 heavy (non-hydrogen) atoms. The molecule has 0 aliphatic heterocycles. The molecule has 0 atom stereocenters. The zero-order chi connectivity index (χ0) is 9.84. The van der Waals surface area contributed by atoms with Gasteiger partial charge in [0.1, 0.15) is 0 Å². The van der Waals surface area contributed by atoms with Crippen LogP contribution in [0.25, 0.3) is 0 Å². The van der Waals surface area contributed by atoms with Gasteiger partial charge in [-0.3, -0.25) is 0 Å². The van der Waals surface area contributed by atoms with Gasteiger partial charge < -0.3 is 15.9 Å². The average Bonchev–Trinajstić information content (AvgIpc) is 2.10. The fraction of sp³-hybridized carbons (Fsp3) is 0.333. The highest BCUT2D eigenvalue weighted by Gasteiger charge is 2.06. The number of nitrogens with two attached hydrogens (primary N) is 1. The molecule has 0 saturated carbocycles. The summed E-state index contributed by atoms with van der Waals surface area (Å²) in [5.74, 6) is -0.210. The molecule has 1 rings (SSSR count). The largest absolute Gasteiger partial charge is 0.504 e. The Bertz CT molecular complexity index is 279. The maximum absolute atomic E-state index is 9.27. The standard InChI is InChI=1S/C9H12BrNO2/c10-7-4-6(2-1-3-11)5-8(12)9(7)13/h4-5,12-13H,1-3,11H2. The molecule has 0 heterocycles. The molecule has 72 valence electrons. The lowest BCUT2D eigenvalue weighted by Gasteiger charge is -2.04. The Balaban J connectivity index is 2.86. The van der Waals surface area contributed by atoms with E-state index in [4.69, 9.17) is 5.73 Å². The molecule has 0 aromatic heterocycles. The topological polar surface area (TPSA) is 66.5 Å². The third kappa shape index (κ3) is 2.60. The van der Waals surface area contributed by atoms with Crippen LogP contribution in [0, 0.1) is 0 Å².